The van der Waals surface area contributed by atoms with E-state index in [1.54, 1.807) is 0 Å². The van der Waals surface area contributed by atoms with E-state index < -0.39 is 0 Å². The van der Waals surface area contributed by atoms with E-state index in [2.05, 4.69) is 17.2 Å². The van der Waals surface area contributed by atoms with Gasteiger partial charge in [-0.05, 0) is 37.3 Å². The average molecular weight is 283 g/mol. The highest BCUT2D eigenvalue weighted by Crippen LogP contribution is 2.30. The van der Waals surface area contributed by atoms with Crippen LogP contribution in [0.2, 0.25) is 0 Å². The standard InChI is InChI=1S/C18H25N3/c1-13-7-9-15(10-8-13)11-12-19-18-14(2)20-16-5-3-4-6-17(16)21-18/h3-6,13,15H,7-12H2,1-2H3,(H,19,21). The summed E-state index contributed by atoms with van der Waals surface area (Å²) in [5.74, 6) is 2.77. The number of nitrogens with one attached hydrogen (secondary N) is 1. The summed E-state index contributed by atoms with van der Waals surface area (Å²) in [6.07, 6.45) is 6.84. The quantitative estimate of drug-likeness (QED) is 0.893. The molecule has 112 valence electrons. The van der Waals surface area contributed by atoms with Crippen molar-refractivity contribution in [3.05, 3.63) is 30.0 Å². The van der Waals surface area contributed by atoms with Crippen LogP contribution >= 0.6 is 0 Å². The summed E-state index contributed by atoms with van der Waals surface area (Å²) in [7, 11) is 0. The maximum absolute atomic E-state index is 4.70. The predicted octanol–water partition coefficient (Wildman–Crippen LogP) is 4.57. The molecule has 1 saturated carbocycles. The average Bonchev–Trinajstić information content (AvgIpc) is 2.50. The van der Waals surface area contributed by atoms with E-state index in [1.165, 1.54) is 32.1 Å². The normalized spacial score (nSPS) is 22.4. The molecule has 0 saturated heterocycles. The Bertz CT molecular complexity index is 600. The highest BCUT2D eigenvalue weighted by atomic mass is 15.0. The van der Waals surface area contributed by atoms with Crippen molar-refractivity contribution in [2.75, 3.05) is 11.9 Å². The number of rotatable bonds is 4. The van der Waals surface area contributed by atoms with Crippen molar-refractivity contribution in [3.63, 3.8) is 0 Å². The SMILES string of the molecule is Cc1nc2ccccc2nc1NCCC1CCC(C)CC1. The van der Waals surface area contributed by atoms with E-state index in [9.17, 15) is 0 Å². The Hall–Kier alpha value is -1.64. The zero-order valence-corrected chi connectivity index (χ0v) is 13.1. The molecule has 1 N–H and O–H groups in total. The van der Waals surface area contributed by atoms with E-state index in [0.717, 1.165) is 40.9 Å². The molecule has 1 aliphatic rings. The van der Waals surface area contributed by atoms with Crippen molar-refractivity contribution in [3.8, 4) is 0 Å². The molecule has 1 aromatic heterocycles. The van der Waals surface area contributed by atoms with Gasteiger partial charge in [0.2, 0.25) is 0 Å². The topological polar surface area (TPSA) is 37.8 Å². The van der Waals surface area contributed by atoms with Crippen LogP contribution in [0.25, 0.3) is 11.0 Å². The molecule has 1 aliphatic carbocycles. The molecule has 3 rings (SSSR count). The first-order chi connectivity index (χ1) is 10.2. The number of benzene rings is 1. The van der Waals surface area contributed by atoms with E-state index in [1.807, 2.05) is 31.2 Å². The molecule has 21 heavy (non-hydrogen) atoms. The third-order valence-corrected chi connectivity index (χ3v) is 4.73. The summed E-state index contributed by atoms with van der Waals surface area (Å²) in [5, 5.41) is 3.49. The molecule has 2 aromatic rings. The van der Waals surface area contributed by atoms with Gasteiger partial charge in [-0.15, -0.1) is 0 Å². The Morgan fingerprint density at radius 1 is 1.05 bits per heavy atom. The van der Waals surface area contributed by atoms with Crippen molar-refractivity contribution in [2.45, 2.75) is 46.0 Å². The van der Waals surface area contributed by atoms with Gasteiger partial charge < -0.3 is 5.32 Å². The molecule has 0 spiro atoms. The van der Waals surface area contributed by atoms with Crippen LogP contribution in [-0.4, -0.2) is 16.5 Å². The van der Waals surface area contributed by atoms with Gasteiger partial charge in [0, 0.05) is 6.54 Å². The minimum atomic E-state index is 0.891. The van der Waals surface area contributed by atoms with Crippen LogP contribution < -0.4 is 5.32 Å². The van der Waals surface area contributed by atoms with Crippen molar-refractivity contribution in [2.24, 2.45) is 11.8 Å². The third-order valence-electron chi connectivity index (χ3n) is 4.73. The van der Waals surface area contributed by atoms with Crippen molar-refractivity contribution in [1.82, 2.24) is 9.97 Å². The van der Waals surface area contributed by atoms with Gasteiger partial charge in [0.1, 0.15) is 5.82 Å². The molecular weight excluding hydrogens is 258 g/mol. The molecule has 0 bridgehead atoms. The number of fused-ring (bicyclic) bond motifs is 1. The molecule has 1 heterocycles. The van der Waals surface area contributed by atoms with Crippen LogP contribution in [0, 0.1) is 18.8 Å². The fraction of sp³-hybridized carbons (Fsp3) is 0.556. The van der Waals surface area contributed by atoms with Crippen LogP contribution in [0.3, 0.4) is 0 Å². The molecule has 1 aromatic carbocycles. The highest BCUT2D eigenvalue weighted by molar-refractivity contribution is 5.76. The Morgan fingerprint density at radius 2 is 1.71 bits per heavy atom. The Kier molecular flexibility index (Phi) is 4.37. The molecule has 0 atom stereocenters. The predicted molar refractivity (Wildman–Crippen MR) is 88.5 cm³/mol. The first-order valence-electron chi connectivity index (χ1n) is 8.19. The Labute approximate surface area is 127 Å². The lowest BCUT2D eigenvalue weighted by molar-refractivity contribution is 0.282. The maximum atomic E-state index is 4.70. The molecule has 0 amide bonds. The number of aromatic nitrogens is 2. The molecule has 0 unspecified atom stereocenters. The van der Waals surface area contributed by atoms with Gasteiger partial charge >= 0.3 is 0 Å². The largest absolute Gasteiger partial charge is 0.369 e. The van der Waals surface area contributed by atoms with E-state index in [4.69, 9.17) is 4.98 Å². The lowest BCUT2D eigenvalue weighted by Gasteiger charge is -2.26. The zero-order chi connectivity index (χ0) is 14.7. The zero-order valence-electron chi connectivity index (χ0n) is 13.1. The fourth-order valence-electron chi connectivity index (χ4n) is 3.27. The van der Waals surface area contributed by atoms with Gasteiger partial charge in [-0.2, -0.15) is 0 Å². The van der Waals surface area contributed by atoms with Gasteiger partial charge in [-0.1, -0.05) is 44.7 Å². The fourth-order valence-corrected chi connectivity index (χ4v) is 3.27. The third kappa shape index (κ3) is 3.52. The molecule has 1 fully saturated rings. The molecule has 0 radical (unpaired) electrons. The van der Waals surface area contributed by atoms with E-state index in [-0.39, 0.29) is 0 Å². The van der Waals surface area contributed by atoms with Crippen LogP contribution in [0.1, 0.15) is 44.7 Å². The number of hydrogen-bond donors (Lipinski definition) is 1. The first-order valence-corrected chi connectivity index (χ1v) is 8.19. The van der Waals surface area contributed by atoms with Crippen molar-refractivity contribution in [1.29, 1.82) is 0 Å². The van der Waals surface area contributed by atoms with E-state index >= 15 is 0 Å². The summed E-state index contributed by atoms with van der Waals surface area (Å²) in [5.41, 5.74) is 2.94. The van der Waals surface area contributed by atoms with Crippen LogP contribution in [0.15, 0.2) is 24.3 Å². The molecular formula is C18H25N3. The second-order valence-electron chi connectivity index (χ2n) is 6.49. The maximum Gasteiger partial charge on any atom is 0.148 e. The van der Waals surface area contributed by atoms with Crippen LogP contribution in [0.4, 0.5) is 5.82 Å². The van der Waals surface area contributed by atoms with Gasteiger partial charge in [0.25, 0.3) is 0 Å². The first kappa shape index (κ1) is 14.3. The number of hydrogen-bond acceptors (Lipinski definition) is 3. The van der Waals surface area contributed by atoms with Crippen molar-refractivity contribution >= 4 is 16.9 Å². The van der Waals surface area contributed by atoms with Gasteiger partial charge in [0.05, 0.1) is 16.7 Å². The van der Waals surface area contributed by atoms with Crippen molar-refractivity contribution < 1.29 is 0 Å². The van der Waals surface area contributed by atoms with Gasteiger partial charge in [0.15, 0.2) is 0 Å². The highest BCUT2D eigenvalue weighted by Gasteiger charge is 2.17. The minimum Gasteiger partial charge on any atom is -0.369 e. The summed E-state index contributed by atoms with van der Waals surface area (Å²) < 4.78 is 0. The number of anilines is 1. The summed E-state index contributed by atoms with van der Waals surface area (Å²) in [4.78, 5) is 9.32. The van der Waals surface area contributed by atoms with Crippen LogP contribution in [-0.2, 0) is 0 Å². The second-order valence-corrected chi connectivity index (χ2v) is 6.49. The monoisotopic (exact) mass is 283 g/mol. The van der Waals surface area contributed by atoms with E-state index in [0.29, 0.717) is 0 Å². The summed E-state index contributed by atoms with van der Waals surface area (Å²) >= 11 is 0. The Balaban J connectivity index is 1.59. The van der Waals surface area contributed by atoms with Gasteiger partial charge in [-0.25, -0.2) is 9.97 Å². The molecule has 0 aliphatic heterocycles. The number of para-hydroxylation sites is 2. The number of aryl methyl sites for hydroxylation is 1. The van der Waals surface area contributed by atoms with Crippen LogP contribution in [0.5, 0.6) is 0 Å². The smallest absolute Gasteiger partial charge is 0.148 e. The lowest BCUT2D eigenvalue weighted by Crippen LogP contribution is -2.16. The Morgan fingerprint density at radius 3 is 2.43 bits per heavy atom. The molecule has 3 heteroatoms. The lowest BCUT2D eigenvalue weighted by atomic mass is 9.81. The number of nitrogens with zero attached hydrogens (tertiary/aromatic N) is 2. The summed E-state index contributed by atoms with van der Waals surface area (Å²) in [6.45, 7) is 5.42. The summed E-state index contributed by atoms with van der Waals surface area (Å²) in [6, 6.07) is 8.06. The molecule has 3 nitrogen and oxygen atoms in total. The van der Waals surface area contributed by atoms with Gasteiger partial charge in [-0.3, -0.25) is 0 Å². The second kappa shape index (κ2) is 6.42. The minimum absolute atomic E-state index is 0.891.